The summed E-state index contributed by atoms with van der Waals surface area (Å²) in [5.41, 5.74) is 11.2. The van der Waals surface area contributed by atoms with Crippen molar-refractivity contribution < 1.29 is 9.47 Å². The average molecular weight is 283 g/mol. The molecule has 0 aliphatic carbocycles. The molecule has 2 aromatic rings. The van der Waals surface area contributed by atoms with Crippen molar-refractivity contribution in [2.24, 2.45) is 5.11 Å². The molecular weight excluding hydrogens is 264 g/mol. The van der Waals surface area contributed by atoms with E-state index in [1.165, 1.54) is 0 Å². The van der Waals surface area contributed by atoms with Gasteiger partial charge in [-0.1, -0.05) is 60.7 Å². The topological polar surface area (TPSA) is 53.1 Å². The lowest BCUT2D eigenvalue weighted by molar-refractivity contribution is 0.0535. The lowest BCUT2D eigenvalue weighted by atomic mass is 10.2. The number of ether oxygens (including phenoxy) is 2. The maximum Gasteiger partial charge on any atom is 0.120 e. The molecule has 4 heteroatoms. The Kier molecular flexibility index (Phi) is 6.58. The molecule has 0 spiro atoms. The summed E-state index contributed by atoms with van der Waals surface area (Å²) in [6.07, 6.45) is 0. The molecule has 0 aromatic heterocycles. The average Bonchev–Trinajstić information content (AvgIpc) is 2.55. The Morgan fingerprint density at radius 3 is 1.57 bits per heavy atom. The Bertz CT molecular complexity index is 471. The second-order valence-corrected chi connectivity index (χ2v) is 4.77. The van der Waals surface area contributed by atoms with Crippen LogP contribution in [0.25, 0.3) is 0 Å². The number of rotatable bonds is 9. The largest absolute Gasteiger partial charge is 0.374 e. The Hall–Kier alpha value is -2.04. The molecule has 0 saturated heterocycles. The summed E-state index contributed by atoms with van der Waals surface area (Å²) in [6.45, 7) is 1.68. The van der Waals surface area contributed by atoms with Gasteiger partial charge in [-0.15, -0.1) is 0 Å². The molecule has 1 radical (unpaired) electrons. The number of benzene rings is 2. The number of hydrogen-bond acceptors (Lipinski definition) is 3. The van der Waals surface area contributed by atoms with E-state index in [0.29, 0.717) is 26.4 Å². The number of nitrogens with zero attached hydrogens (tertiary/aromatic N) is 2. The summed E-state index contributed by atoms with van der Waals surface area (Å²) < 4.78 is 11.1. The van der Waals surface area contributed by atoms with Gasteiger partial charge in [0, 0.05) is 0 Å². The van der Waals surface area contributed by atoms with Crippen LogP contribution in [-0.2, 0) is 22.7 Å². The minimum absolute atomic E-state index is 0.334. The second-order valence-electron chi connectivity index (χ2n) is 4.77. The fourth-order valence-electron chi connectivity index (χ4n) is 1.89. The van der Waals surface area contributed by atoms with Crippen molar-refractivity contribution in [3.05, 3.63) is 71.8 Å². The highest BCUT2D eigenvalue weighted by Gasteiger charge is 2.08. The highest BCUT2D eigenvalue weighted by Crippen LogP contribution is 2.04. The van der Waals surface area contributed by atoms with E-state index in [2.05, 4.69) is 5.11 Å². The Balaban J connectivity index is 1.65. The van der Waals surface area contributed by atoms with Crippen LogP contribution in [0, 0.1) is 0 Å². The molecule has 0 amide bonds. The van der Waals surface area contributed by atoms with Crippen LogP contribution in [0.4, 0.5) is 0 Å². The molecule has 0 unspecified atom stereocenters. The zero-order valence-corrected chi connectivity index (χ0v) is 11.9. The lowest BCUT2D eigenvalue weighted by Crippen LogP contribution is -2.20. The van der Waals surface area contributed by atoms with Crippen LogP contribution < -0.4 is 5.53 Å². The van der Waals surface area contributed by atoms with Crippen molar-refractivity contribution in [2.45, 2.75) is 19.3 Å². The van der Waals surface area contributed by atoms with Gasteiger partial charge < -0.3 is 9.47 Å². The molecule has 0 aliphatic heterocycles. The van der Waals surface area contributed by atoms with E-state index in [1.54, 1.807) is 0 Å². The van der Waals surface area contributed by atoms with Gasteiger partial charge in [0.15, 0.2) is 0 Å². The summed E-state index contributed by atoms with van der Waals surface area (Å²) in [7, 11) is 0. The van der Waals surface area contributed by atoms with Gasteiger partial charge in [0.05, 0.1) is 26.4 Å². The van der Waals surface area contributed by atoms with Gasteiger partial charge >= 0.3 is 0 Å². The molecule has 2 aromatic carbocycles. The molecule has 21 heavy (non-hydrogen) atoms. The fourth-order valence-corrected chi connectivity index (χ4v) is 1.89. The van der Waals surface area contributed by atoms with E-state index in [9.17, 15) is 0 Å². The van der Waals surface area contributed by atoms with Crippen molar-refractivity contribution in [1.29, 1.82) is 0 Å². The minimum Gasteiger partial charge on any atom is -0.374 e. The van der Waals surface area contributed by atoms with E-state index in [0.717, 1.165) is 11.1 Å². The summed E-state index contributed by atoms with van der Waals surface area (Å²) in [5, 5.41) is 3.30. The molecular formula is C17H19N2O2. The van der Waals surface area contributed by atoms with Crippen LogP contribution in [0.2, 0.25) is 0 Å². The van der Waals surface area contributed by atoms with E-state index in [-0.39, 0.29) is 6.04 Å². The van der Waals surface area contributed by atoms with Gasteiger partial charge in [-0.25, -0.2) is 0 Å². The first-order valence-corrected chi connectivity index (χ1v) is 6.96. The van der Waals surface area contributed by atoms with E-state index >= 15 is 0 Å². The van der Waals surface area contributed by atoms with Crippen molar-refractivity contribution in [2.75, 3.05) is 13.2 Å². The molecule has 4 nitrogen and oxygen atoms in total. The lowest BCUT2D eigenvalue weighted by Gasteiger charge is -2.11. The van der Waals surface area contributed by atoms with E-state index in [1.807, 2.05) is 60.7 Å². The van der Waals surface area contributed by atoms with Crippen LogP contribution in [0.15, 0.2) is 65.8 Å². The van der Waals surface area contributed by atoms with E-state index < -0.39 is 0 Å². The maximum absolute atomic E-state index is 8.99. The zero-order chi connectivity index (χ0) is 14.8. The second kappa shape index (κ2) is 9.00. The summed E-state index contributed by atoms with van der Waals surface area (Å²) in [6, 6.07) is 19.4. The van der Waals surface area contributed by atoms with Crippen LogP contribution in [-0.4, -0.2) is 19.3 Å². The fraction of sp³-hybridized carbons (Fsp3) is 0.294. The Morgan fingerprint density at radius 1 is 0.762 bits per heavy atom. The molecule has 0 atom stereocenters. The smallest absolute Gasteiger partial charge is 0.120 e. The quantitative estimate of drug-likeness (QED) is 0.664. The standard InChI is InChI=1S/C17H19N2O2/c18-19-17(13-20-11-15-7-3-1-4-8-15)14-21-12-16-9-5-2-6-10-16/h1-10,17H,11-14H2. The Morgan fingerprint density at radius 2 is 1.19 bits per heavy atom. The van der Waals surface area contributed by atoms with Crippen molar-refractivity contribution in [3.8, 4) is 0 Å². The normalized spacial score (nSPS) is 10.7. The van der Waals surface area contributed by atoms with Crippen LogP contribution in [0.3, 0.4) is 0 Å². The van der Waals surface area contributed by atoms with Gasteiger partial charge in [0.1, 0.15) is 6.04 Å². The summed E-state index contributed by atoms with van der Waals surface area (Å²) in [5.74, 6) is 0. The summed E-state index contributed by atoms with van der Waals surface area (Å²) in [4.78, 5) is 0. The predicted octanol–water partition coefficient (Wildman–Crippen LogP) is 3.04. The van der Waals surface area contributed by atoms with Gasteiger partial charge in [0.25, 0.3) is 0 Å². The summed E-state index contributed by atoms with van der Waals surface area (Å²) >= 11 is 0. The maximum atomic E-state index is 8.99. The number of hydrogen-bond donors (Lipinski definition) is 0. The molecule has 109 valence electrons. The van der Waals surface area contributed by atoms with Crippen LogP contribution >= 0.6 is 0 Å². The van der Waals surface area contributed by atoms with Gasteiger partial charge in [-0.3, -0.25) is 0 Å². The Labute approximate surface area is 125 Å². The molecule has 0 aliphatic rings. The first kappa shape index (κ1) is 15.4. The highest BCUT2D eigenvalue weighted by atomic mass is 16.5. The van der Waals surface area contributed by atoms with E-state index in [4.69, 9.17) is 15.0 Å². The molecule has 2 rings (SSSR count). The molecule has 0 saturated carbocycles. The molecule has 0 fully saturated rings. The first-order chi connectivity index (χ1) is 10.4. The third-order valence-electron chi connectivity index (χ3n) is 3.01. The third kappa shape index (κ3) is 5.85. The predicted molar refractivity (Wildman–Crippen MR) is 80.5 cm³/mol. The molecule has 0 heterocycles. The van der Waals surface area contributed by atoms with Crippen molar-refractivity contribution in [3.63, 3.8) is 0 Å². The van der Waals surface area contributed by atoms with Crippen molar-refractivity contribution >= 4 is 0 Å². The monoisotopic (exact) mass is 283 g/mol. The molecule has 0 N–H and O–H groups in total. The minimum atomic E-state index is -0.363. The highest BCUT2D eigenvalue weighted by molar-refractivity contribution is 5.14. The SMILES string of the molecule is [N]=NC(COCc1ccccc1)COCc1ccccc1. The van der Waals surface area contributed by atoms with Crippen LogP contribution in [0.5, 0.6) is 0 Å². The zero-order valence-electron chi connectivity index (χ0n) is 11.9. The third-order valence-corrected chi connectivity index (χ3v) is 3.01. The van der Waals surface area contributed by atoms with Crippen molar-refractivity contribution in [1.82, 2.24) is 5.53 Å². The van der Waals surface area contributed by atoms with Gasteiger partial charge in [-0.05, 0) is 16.7 Å². The van der Waals surface area contributed by atoms with Gasteiger partial charge in [-0.2, -0.15) is 5.11 Å². The van der Waals surface area contributed by atoms with Gasteiger partial charge in [0.2, 0.25) is 0 Å². The van der Waals surface area contributed by atoms with Crippen LogP contribution in [0.1, 0.15) is 11.1 Å². The first-order valence-electron chi connectivity index (χ1n) is 6.96. The molecule has 0 bridgehead atoms.